The van der Waals surface area contributed by atoms with Crippen molar-refractivity contribution in [2.24, 2.45) is 10.8 Å². The first-order chi connectivity index (χ1) is 11.5. The van der Waals surface area contributed by atoms with Crippen LogP contribution in [0, 0.1) is 5.82 Å². The molecule has 3 N–H and O–H groups in total. The molecule has 0 atom stereocenters. The van der Waals surface area contributed by atoms with E-state index in [4.69, 9.17) is 26.8 Å². The van der Waals surface area contributed by atoms with E-state index in [-0.39, 0.29) is 22.3 Å². The number of thiocarbonyl (C=S) groups is 1. The van der Waals surface area contributed by atoms with Crippen molar-refractivity contribution in [3.63, 3.8) is 0 Å². The van der Waals surface area contributed by atoms with E-state index >= 15 is 0 Å². The molecule has 0 radical (unpaired) electrons. The third-order valence-electron chi connectivity index (χ3n) is 3.03. The van der Waals surface area contributed by atoms with E-state index in [2.05, 4.69) is 22.7 Å². The van der Waals surface area contributed by atoms with Crippen molar-refractivity contribution in [3.8, 4) is 11.5 Å². The summed E-state index contributed by atoms with van der Waals surface area (Å²) < 4.78 is 24.9. The van der Waals surface area contributed by atoms with Crippen LogP contribution in [0.3, 0.4) is 0 Å². The smallest absolute Gasteiger partial charge is 0.184 e. The summed E-state index contributed by atoms with van der Waals surface area (Å²) in [6, 6.07) is 9.69. The van der Waals surface area contributed by atoms with E-state index in [1.165, 1.54) is 25.5 Å². The molecule has 8 heteroatoms. The molecule has 0 heterocycles. The Bertz CT molecular complexity index is 751. The molecular formula is C16H15ClFN3O2S. The summed E-state index contributed by atoms with van der Waals surface area (Å²) in [6.07, 6.45) is 1.47. The zero-order chi connectivity index (χ0) is 17.5. The van der Waals surface area contributed by atoms with Crippen molar-refractivity contribution in [1.82, 2.24) is 5.43 Å². The van der Waals surface area contributed by atoms with Crippen molar-refractivity contribution < 1.29 is 13.9 Å². The molecule has 2 aromatic carbocycles. The van der Waals surface area contributed by atoms with Crippen LogP contribution >= 0.6 is 23.8 Å². The van der Waals surface area contributed by atoms with Gasteiger partial charge in [0.05, 0.1) is 18.3 Å². The predicted molar refractivity (Wildman–Crippen MR) is 96.3 cm³/mol. The Balaban J connectivity index is 2.27. The van der Waals surface area contributed by atoms with Crippen LogP contribution in [0.25, 0.3) is 0 Å². The van der Waals surface area contributed by atoms with E-state index in [9.17, 15) is 4.39 Å². The number of hydrogen-bond acceptors (Lipinski definition) is 4. The monoisotopic (exact) mass is 367 g/mol. The van der Waals surface area contributed by atoms with Gasteiger partial charge in [0.15, 0.2) is 16.6 Å². The van der Waals surface area contributed by atoms with Crippen LogP contribution in [0.5, 0.6) is 11.5 Å². The number of halogens is 2. The third-order valence-corrected chi connectivity index (χ3v) is 3.48. The molecule has 5 nitrogen and oxygen atoms in total. The van der Waals surface area contributed by atoms with Gasteiger partial charge >= 0.3 is 0 Å². The number of hydrogen-bond donors (Lipinski definition) is 2. The Morgan fingerprint density at radius 1 is 1.38 bits per heavy atom. The normalized spacial score (nSPS) is 10.6. The molecule has 24 heavy (non-hydrogen) atoms. The Labute approximate surface area is 149 Å². The lowest BCUT2D eigenvalue weighted by atomic mass is 10.2. The van der Waals surface area contributed by atoms with Crippen molar-refractivity contribution in [2.45, 2.75) is 6.61 Å². The Morgan fingerprint density at radius 3 is 2.79 bits per heavy atom. The maximum Gasteiger partial charge on any atom is 0.184 e. The van der Waals surface area contributed by atoms with Gasteiger partial charge in [0, 0.05) is 11.1 Å². The zero-order valence-corrected chi connectivity index (χ0v) is 14.3. The van der Waals surface area contributed by atoms with Crippen LogP contribution in [-0.4, -0.2) is 18.4 Å². The van der Waals surface area contributed by atoms with E-state index in [1.807, 2.05) is 0 Å². The van der Waals surface area contributed by atoms with Gasteiger partial charge in [-0.05, 0) is 36.5 Å². The van der Waals surface area contributed by atoms with Crippen LogP contribution in [0.1, 0.15) is 11.1 Å². The highest BCUT2D eigenvalue weighted by atomic mass is 35.5. The third kappa shape index (κ3) is 4.56. The number of para-hydroxylation sites is 1. The SMILES string of the molecule is COc1cccc(/C=N/NC(N)=S)c1OCc1c(F)cccc1Cl. The summed E-state index contributed by atoms with van der Waals surface area (Å²) >= 11 is 10.7. The van der Waals surface area contributed by atoms with E-state index < -0.39 is 5.82 Å². The minimum Gasteiger partial charge on any atom is -0.493 e. The standard InChI is InChI=1S/C16H15ClFN3O2S/c1-22-14-7-2-4-10(8-20-21-16(19)24)15(14)23-9-11-12(17)5-3-6-13(11)18/h2-8H,9H2,1H3,(H3,19,21,24)/b20-8+. The molecular weight excluding hydrogens is 353 g/mol. The molecule has 2 rings (SSSR count). The number of hydrazone groups is 1. The van der Waals surface area contributed by atoms with Crippen LogP contribution in [0.2, 0.25) is 5.02 Å². The maximum absolute atomic E-state index is 13.9. The summed E-state index contributed by atoms with van der Waals surface area (Å²) in [5.41, 5.74) is 8.63. The number of nitrogens with one attached hydrogen (secondary N) is 1. The number of methoxy groups -OCH3 is 1. The second-order valence-corrected chi connectivity index (χ2v) is 5.45. The summed E-state index contributed by atoms with van der Waals surface area (Å²) in [6.45, 7) is -0.0601. The maximum atomic E-state index is 13.9. The first kappa shape index (κ1) is 18.0. The van der Waals surface area contributed by atoms with E-state index in [1.54, 1.807) is 24.3 Å². The van der Waals surface area contributed by atoms with Gasteiger partial charge in [-0.3, -0.25) is 5.43 Å². The van der Waals surface area contributed by atoms with E-state index in [0.29, 0.717) is 17.1 Å². The molecule has 0 unspecified atom stereocenters. The number of nitrogens with two attached hydrogens (primary N) is 1. The molecule has 0 amide bonds. The second-order valence-electron chi connectivity index (χ2n) is 4.60. The van der Waals surface area contributed by atoms with Gasteiger partial charge in [0.1, 0.15) is 12.4 Å². The van der Waals surface area contributed by atoms with Crippen LogP contribution in [0.15, 0.2) is 41.5 Å². The molecule has 2 aromatic rings. The fourth-order valence-corrected chi connectivity index (χ4v) is 2.20. The lowest BCUT2D eigenvalue weighted by Gasteiger charge is -2.14. The Hall–Kier alpha value is -2.38. The minimum atomic E-state index is -0.442. The largest absolute Gasteiger partial charge is 0.493 e. The fraction of sp³-hybridized carbons (Fsp3) is 0.125. The molecule has 0 fully saturated rings. The summed E-state index contributed by atoms with van der Waals surface area (Å²) in [7, 11) is 1.51. The molecule has 0 aliphatic rings. The average molecular weight is 368 g/mol. The van der Waals surface area contributed by atoms with Crippen LogP contribution in [-0.2, 0) is 6.61 Å². The lowest BCUT2D eigenvalue weighted by molar-refractivity contribution is 0.279. The first-order valence-corrected chi connectivity index (χ1v) is 7.62. The van der Waals surface area contributed by atoms with Crippen LogP contribution in [0.4, 0.5) is 4.39 Å². The Morgan fingerprint density at radius 2 is 2.12 bits per heavy atom. The zero-order valence-electron chi connectivity index (χ0n) is 12.8. The Kier molecular flexibility index (Phi) is 6.34. The van der Waals surface area contributed by atoms with Gasteiger partial charge in [-0.1, -0.05) is 23.7 Å². The molecule has 0 aliphatic heterocycles. The van der Waals surface area contributed by atoms with Gasteiger partial charge in [-0.25, -0.2) is 4.39 Å². The van der Waals surface area contributed by atoms with Crippen molar-refractivity contribution in [1.29, 1.82) is 0 Å². The second kappa shape index (κ2) is 8.47. The van der Waals surface area contributed by atoms with Gasteiger partial charge in [0.25, 0.3) is 0 Å². The molecule has 0 saturated carbocycles. The van der Waals surface area contributed by atoms with Gasteiger partial charge in [-0.15, -0.1) is 0 Å². The number of benzene rings is 2. The number of rotatable bonds is 6. The van der Waals surface area contributed by atoms with E-state index in [0.717, 1.165) is 0 Å². The minimum absolute atomic E-state index is 0.0368. The molecule has 0 aromatic heterocycles. The predicted octanol–water partition coefficient (Wildman–Crippen LogP) is 3.23. The van der Waals surface area contributed by atoms with Crippen molar-refractivity contribution in [2.75, 3.05) is 7.11 Å². The highest BCUT2D eigenvalue weighted by molar-refractivity contribution is 7.80. The molecule has 126 valence electrons. The molecule has 0 spiro atoms. The number of nitrogens with zero attached hydrogens (tertiary/aromatic N) is 1. The fourth-order valence-electron chi connectivity index (χ4n) is 1.93. The highest BCUT2D eigenvalue weighted by Gasteiger charge is 2.13. The van der Waals surface area contributed by atoms with Crippen molar-refractivity contribution >= 4 is 35.1 Å². The highest BCUT2D eigenvalue weighted by Crippen LogP contribution is 2.31. The number of ether oxygens (including phenoxy) is 2. The molecule has 0 saturated heterocycles. The van der Waals surface area contributed by atoms with Gasteiger partial charge in [0.2, 0.25) is 0 Å². The van der Waals surface area contributed by atoms with Crippen molar-refractivity contribution in [3.05, 3.63) is 58.4 Å². The topological polar surface area (TPSA) is 68.9 Å². The lowest BCUT2D eigenvalue weighted by Crippen LogP contribution is -2.24. The first-order valence-electron chi connectivity index (χ1n) is 6.84. The van der Waals surface area contributed by atoms with Crippen LogP contribution < -0.4 is 20.6 Å². The molecule has 0 bridgehead atoms. The van der Waals surface area contributed by atoms with Gasteiger partial charge < -0.3 is 15.2 Å². The molecule has 0 aliphatic carbocycles. The summed E-state index contributed by atoms with van der Waals surface area (Å²) in [4.78, 5) is 0. The quantitative estimate of drug-likeness (QED) is 0.466. The summed E-state index contributed by atoms with van der Waals surface area (Å²) in [5, 5.41) is 4.21. The average Bonchev–Trinajstić information content (AvgIpc) is 2.54. The van der Waals surface area contributed by atoms with Gasteiger partial charge in [-0.2, -0.15) is 5.10 Å². The summed E-state index contributed by atoms with van der Waals surface area (Å²) in [5.74, 6) is 0.428.